The van der Waals surface area contributed by atoms with E-state index in [-0.39, 0.29) is 0 Å². The van der Waals surface area contributed by atoms with Crippen LogP contribution in [0, 0.1) is 0 Å². The van der Waals surface area contributed by atoms with Crippen LogP contribution >= 0.6 is 11.3 Å². The Bertz CT molecular complexity index is 549. The zero-order chi connectivity index (χ0) is 14.5. The molecule has 0 aliphatic carbocycles. The highest BCUT2D eigenvalue weighted by molar-refractivity contribution is 7.10. The monoisotopic (exact) mass is 300 g/mol. The normalized spacial score (nSPS) is 19.8. The van der Waals surface area contributed by atoms with E-state index in [0.717, 1.165) is 39.0 Å². The van der Waals surface area contributed by atoms with Crippen LogP contribution < -0.4 is 5.32 Å². The Morgan fingerprint density at radius 2 is 2.10 bits per heavy atom. The second-order valence-corrected chi connectivity index (χ2v) is 6.80. The van der Waals surface area contributed by atoms with Gasteiger partial charge in [-0.1, -0.05) is 37.3 Å². The minimum Gasteiger partial charge on any atom is -0.311 e. The largest absolute Gasteiger partial charge is 0.311 e. The predicted octanol–water partition coefficient (Wildman–Crippen LogP) is 3.33. The zero-order valence-corrected chi connectivity index (χ0v) is 13.5. The van der Waals surface area contributed by atoms with Gasteiger partial charge in [-0.3, -0.25) is 4.90 Å². The summed E-state index contributed by atoms with van der Waals surface area (Å²) in [5, 5.41) is 5.90. The Balaban J connectivity index is 1.58. The van der Waals surface area contributed by atoms with E-state index in [9.17, 15) is 0 Å². The summed E-state index contributed by atoms with van der Waals surface area (Å²) in [5.74, 6) is 0. The lowest BCUT2D eigenvalue weighted by molar-refractivity contribution is 0.193. The Kier molecular flexibility index (Phi) is 5.07. The molecule has 1 N–H and O–H groups in total. The van der Waals surface area contributed by atoms with E-state index in [1.165, 1.54) is 11.1 Å². The fraction of sp³-hybridized carbons (Fsp3) is 0.444. The molecular formula is C18H24N2S. The first-order chi connectivity index (χ1) is 10.3. The molecule has 0 amide bonds. The molecule has 1 fully saturated rings. The molecule has 1 aromatic heterocycles. The maximum atomic E-state index is 3.67. The van der Waals surface area contributed by atoms with Crippen LogP contribution in [0.2, 0.25) is 0 Å². The van der Waals surface area contributed by atoms with Gasteiger partial charge in [0.25, 0.3) is 0 Å². The van der Waals surface area contributed by atoms with Crippen LogP contribution in [0.3, 0.4) is 0 Å². The number of rotatable bonds is 5. The Morgan fingerprint density at radius 3 is 2.90 bits per heavy atom. The third-order valence-electron chi connectivity index (χ3n) is 4.25. The van der Waals surface area contributed by atoms with Gasteiger partial charge in [0.05, 0.1) is 0 Å². The smallest absolute Gasteiger partial charge is 0.0331 e. The van der Waals surface area contributed by atoms with Gasteiger partial charge in [-0.2, -0.15) is 0 Å². The lowest BCUT2D eigenvalue weighted by atomic mass is 10.0. The molecule has 1 aliphatic rings. The molecule has 1 unspecified atom stereocenters. The summed E-state index contributed by atoms with van der Waals surface area (Å²) in [4.78, 5) is 4.16. The zero-order valence-electron chi connectivity index (χ0n) is 12.7. The van der Waals surface area contributed by atoms with Crippen molar-refractivity contribution in [3.8, 4) is 0 Å². The molecule has 2 heterocycles. The number of aryl methyl sites for hydroxylation is 1. The fourth-order valence-electron chi connectivity index (χ4n) is 3.10. The summed E-state index contributed by atoms with van der Waals surface area (Å²) < 4.78 is 0. The molecule has 2 aromatic rings. The van der Waals surface area contributed by atoms with Gasteiger partial charge in [0.2, 0.25) is 0 Å². The van der Waals surface area contributed by atoms with E-state index in [1.807, 2.05) is 11.3 Å². The molecule has 0 saturated carbocycles. The van der Waals surface area contributed by atoms with Crippen LogP contribution in [0.25, 0.3) is 0 Å². The molecule has 0 bridgehead atoms. The van der Waals surface area contributed by atoms with Gasteiger partial charge in [-0.05, 0) is 35.4 Å². The molecule has 21 heavy (non-hydrogen) atoms. The Morgan fingerprint density at radius 1 is 1.24 bits per heavy atom. The number of thiophene rings is 1. The second kappa shape index (κ2) is 7.21. The maximum absolute atomic E-state index is 3.67. The molecule has 3 rings (SSSR count). The quantitative estimate of drug-likeness (QED) is 0.911. The molecule has 1 atom stereocenters. The summed E-state index contributed by atoms with van der Waals surface area (Å²) in [6.45, 7) is 6.78. The topological polar surface area (TPSA) is 15.3 Å². The van der Waals surface area contributed by atoms with Gasteiger partial charge >= 0.3 is 0 Å². The van der Waals surface area contributed by atoms with Gasteiger partial charge in [0, 0.05) is 37.1 Å². The average molecular weight is 300 g/mol. The highest BCUT2D eigenvalue weighted by Gasteiger charge is 2.20. The highest BCUT2D eigenvalue weighted by Crippen LogP contribution is 2.20. The SMILES string of the molecule is CCc1ccsc1CN1CCNC(Cc2ccccc2)C1. The molecule has 1 aliphatic heterocycles. The van der Waals surface area contributed by atoms with E-state index in [1.54, 1.807) is 4.88 Å². The maximum Gasteiger partial charge on any atom is 0.0331 e. The van der Waals surface area contributed by atoms with Crippen LogP contribution in [0.15, 0.2) is 41.8 Å². The Hall–Kier alpha value is -1.16. The number of hydrogen-bond acceptors (Lipinski definition) is 3. The van der Waals surface area contributed by atoms with Crippen LogP contribution in [0.4, 0.5) is 0 Å². The van der Waals surface area contributed by atoms with Crippen molar-refractivity contribution in [1.82, 2.24) is 10.2 Å². The van der Waals surface area contributed by atoms with Crippen molar-refractivity contribution >= 4 is 11.3 Å². The molecule has 1 saturated heterocycles. The lowest BCUT2D eigenvalue weighted by Gasteiger charge is -2.33. The number of piperazine rings is 1. The van der Waals surface area contributed by atoms with Crippen molar-refractivity contribution in [2.75, 3.05) is 19.6 Å². The van der Waals surface area contributed by atoms with Crippen molar-refractivity contribution in [2.45, 2.75) is 32.4 Å². The van der Waals surface area contributed by atoms with Gasteiger partial charge in [-0.25, -0.2) is 0 Å². The summed E-state index contributed by atoms with van der Waals surface area (Å²) in [6, 6.07) is 13.7. The van der Waals surface area contributed by atoms with Crippen molar-refractivity contribution in [2.24, 2.45) is 0 Å². The molecule has 1 aromatic carbocycles. The predicted molar refractivity (Wildman–Crippen MR) is 90.9 cm³/mol. The molecule has 0 spiro atoms. The van der Waals surface area contributed by atoms with Crippen molar-refractivity contribution in [3.05, 3.63) is 57.8 Å². The van der Waals surface area contributed by atoms with Gasteiger partial charge < -0.3 is 5.32 Å². The minimum atomic E-state index is 0.575. The summed E-state index contributed by atoms with van der Waals surface area (Å²) >= 11 is 1.91. The van der Waals surface area contributed by atoms with E-state index in [2.05, 4.69) is 58.9 Å². The van der Waals surface area contributed by atoms with Crippen LogP contribution in [-0.2, 0) is 19.4 Å². The van der Waals surface area contributed by atoms with Crippen LogP contribution in [0.1, 0.15) is 22.9 Å². The number of benzene rings is 1. The Labute approximate surface area is 131 Å². The minimum absolute atomic E-state index is 0.575. The standard InChI is InChI=1S/C18H24N2S/c1-2-16-8-11-21-18(16)14-20-10-9-19-17(13-20)12-15-6-4-3-5-7-15/h3-8,11,17,19H,2,9-10,12-14H2,1H3. The molecule has 112 valence electrons. The number of nitrogens with zero attached hydrogens (tertiary/aromatic N) is 1. The van der Waals surface area contributed by atoms with E-state index >= 15 is 0 Å². The third-order valence-corrected chi connectivity index (χ3v) is 5.20. The molecule has 2 nitrogen and oxygen atoms in total. The first-order valence-electron chi connectivity index (χ1n) is 7.90. The van der Waals surface area contributed by atoms with Gasteiger partial charge in [0.15, 0.2) is 0 Å². The van der Waals surface area contributed by atoms with Crippen LogP contribution in [-0.4, -0.2) is 30.6 Å². The van der Waals surface area contributed by atoms with E-state index < -0.39 is 0 Å². The third kappa shape index (κ3) is 3.94. The molecule has 0 radical (unpaired) electrons. The highest BCUT2D eigenvalue weighted by atomic mass is 32.1. The average Bonchev–Trinajstić information content (AvgIpc) is 2.96. The van der Waals surface area contributed by atoms with Crippen LogP contribution in [0.5, 0.6) is 0 Å². The lowest BCUT2D eigenvalue weighted by Crippen LogP contribution is -2.51. The first-order valence-corrected chi connectivity index (χ1v) is 8.78. The molecular weight excluding hydrogens is 276 g/mol. The fourth-order valence-corrected chi connectivity index (χ4v) is 4.11. The van der Waals surface area contributed by atoms with Gasteiger partial charge in [-0.15, -0.1) is 11.3 Å². The first kappa shape index (κ1) is 14.8. The number of hydrogen-bond donors (Lipinski definition) is 1. The van der Waals surface area contributed by atoms with E-state index in [0.29, 0.717) is 6.04 Å². The molecule has 3 heteroatoms. The van der Waals surface area contributed by atoms with E-state index in [4.69, 9.17) is 0 Å². The summed E-state index contributed by atoms with van der Waals surface area (Å²) in [5.41, 5.74) is 2.96. The second-order valence-electron chi connectivity index (χ2n) is 5.80. The number of nitrogens with one attached hydrogen (secondary N) is 1. The van der Waals surface area contributed by atoms with Crippen molar-refractivity contribution in [1.29, 1.82) is 0 Å². The van der Waals surface area contributed by atoms with Gasteiger partial charge in [0.1, 0.15) is 0 Å². The summed E-state index contributed by atoms with van der Waals surface area (Å²) in [6.07, 6.45) is 2.28. The van der Waals surface area contributed by atoms with Crippen molar-refractivity contribution in [3.63, 3.8) is 0 Å². The summed E-state index contributed by atoms with van der Waals surface area (Å²) in [7, 11) is 0. The van der Waals surface area contributed by atoms with Crippen molar-refractivity contribution < 1.29 is 0 Å².